The molecule has 0 aliphatic carbocycles. The van der Waals surface area contributed by atoms with Gasteiger partial charge in [-0.2, -0.15) is 0 Å². The third-order valence-electron chi connectivity index (χ3n) is 2.08. The first-order chi connectivity index (χ1) is 6.13. The highest BCUT2D eigenvalue weighted by Gasteiger charge is 2.45. The van der Waals surface area contributed by atoms with Gasteiger partial charge in [0, 0.05) is 6.54 Å². The fourth-order valence-corrected chi connectivity index (χ4v) is 1.44. The predicted octanol–water partition coefficient (Wildman–Crippen LogP) is 1.36. The molecule has 1 aliphatic heterocycles. The van der Waals surface area contributed by atoms with Crippen molar-refractivity contribution < 1.29 is 9.59 Å². The second-order valence-corrected chi connectivity index (χ2v) is 5.51. The lowest BCUT2D eigenvalue weighted by Crippen LogP contribution is -2.41. The Bertz CT molecular complexity index is 276. The Morgan fingerprint density at radius 1 is 1.29 bits per heavy atom. The average molecular weight is 198 g/mol. The number of amides is 3. The third-order valence-corrected chi connectivity index (χ3v) is 2.08. The number of carbonyl (C=O) groups is 2. The normalized spacial score (nSPS) is 21.4. The molecule has 1 heterocycles. The smallest absolute Gasteiger partial charge is 0.324 e. The van der Waals surface area contributed by atoms with E-state index in [1.807, 2.05) is 20.8 Å². The van der Waals surface area contributed by atoms with Crippen molar-refractivity contribution in [1.82, 2.24) is 10.2 Å². The minimum atomic E-state index is -0.748. The van der Waals surface area contributed by atoms with E-state index < -0.39 is 5.54 Å². The van der Waals surface area contributed by atoms with E-state index in [1.165, 1.54) is 4.90 Å². The molecule has 0 aromatic carbocycles. The molecule has 1 N–H and O–H groups in total. The number of nitrogens with zero attached hydrogens (tertiary/aromatic N) is 1. The molecule has 0 atom stereocenters. The van der Waals surface area contributed by atoms with Gasteiger partial charge in [0.15, 0.2) is 0 Å². The zero-order chi connectivity index (χ0) is 11.1. The molecule has 0 unspecified atom stereocenters. The summed E-state index contributed by atoms with van der Waals surface area (Å²) >= 11 is 0. The molecule has 1 fully saturated rings. The van der Waals surface area contributed by atoms with Gasteiger partial charge in [-0.1, -0.05) is 20.8 Å². The first-order valence-electron chi connectivity index (χ1n) is 4.78. The second-order valence-electron chi connectivity index (χ2n) is 5.51. The highest BCUT2D eigenvalue weighted by Crippen LogP contribution is 2.22. The number of rotatable bonds is 1. The van der Waals surface area contributed by atoms with Crippen molar-refractivity contribution in [1.29, 1.82) is 0 Å². The summed E-state index contributed by atoms with van der Waals surface area (Å²) in [6.45, 7) is 9.89. The number of carbonyl (C=O) groups excluding carboxylic acids is 2. The van der Waals surface area contributed by atoms with E-state index in [1.54, 1.807) is 13.8 Å². The molecule has 4 heteroatoms. The van der Waals surface area contributed by atoms with Crippen LogP contribution >= 0.6 is 0 Å². The van der Waals surface area contributed by atoms with Crippen LogP contribution in [-0.4, -0.2) is 28.9 Å². The van der Waals surface area contributed by atoms with Crippen molar-refractivity contribution in [3.63, 3.8) is 0 Å². The molecule has 0 bridgehead atoms. The molecule has 0 aromatic rings. The van der Waals surface area contributed by atoms with Crippen molar-refractivity contribution in [2.24, 2.45) is 5.41 Å². The number of hydrogen-bond acceptors (Lipinski definition) is 2. The van der Waals surface area contributed by atoms with Crippen molar-refractivity contribution in [3.05, 3.63) is 0 Å². The van der Waals surface area contributed by atoms with Gasteiger partial charge in [0.2, 0.25) is 0 Å². The van der Waals surface area contributed by atoms with E-state index >= 15 is 0 Å². The van der Waals surface area contributed by atoms with Crippen LogP contribution in [0.1, 0.15) is 34.6 Å². The first kappa shape index (κ1) is 11.0. The van der Waals surface area contributed by atoms with Crippen LogP contribution in [0.3, 0.4) is 0 Å². The number of hydrogen-bond donors (Lipinski definition) is 1. The molecule has 1 aliphatic rings. The van der Waals surface area contributed by atoms with Crippen molar-refractivity contribution >= 4 is 11.9 Å². The summed E-state index contributed by atoms with van der Waals surface area (Å²) in [6.07, 6.45) is 0. The molecule has 14 heavy (non-hydrogen) atoms. The summed E-state index contributed by atoms with van der Waals surface area (Å²) in [5, 5.41) is 2.65. The number of nitrogens with one attached hydrogen (secondary N) is 1. The largest absolute Gasteiger partial charge is 0.325 e. The quantitative estimate of drug-likeness (QED) is 0.647. The monoisotopic (exact) mass is 198 g/mol. The van der Waals surface area contributed by atoms with Gasteiger partial charge in [0.1, 0.15) is 5.54 Å². The standard InChI is InChI=1S/C10H18N2O2/c1-9(2,3)6-12-7(13)10(4,5)11-8(12)14/h6H2,1-5H3,(H,11,14). The molecule has 1 rings (SSSR count). The van der Waals surface area contributed by atoms with Crippen molar-refractivity contribution in [3.8, 4) is 0 Å². The summed E-state index contributed by atoms with van der Waals surface area (Å²) < 4.78 is 0. The highest BCUT2D eigenvalue weighted by atomic mass is 16.2. The van der Waals surface area contributed by atoms with Crippen LogP contribution in [0.5, 0.6) is 0 Å². The fourth-order valence-electron chi connectivity index (χ4n) is 1.44. The zero-order valence-corrected chi connectivity index (χ0v) is 9.47. The Morgan fingerprint density at radius 2 is 1.79 bits per heavy atom. The van der Waals surface area contributed by atoms with Gasteiger partial charge in [0.25, 0.3) is 5.91 Å². The maximum Gasteiger partial charge on any atom is 0.325 e. The van der Waals surface area contributed by atoms with Crippen LogP contribution in [-0.2, 0) is 4.79 Å². The summed E-state index contributed by atoms with van der Waals surface area (Å²) in [6, 6.07) is -0.282. The van der Waals surface area contributed by atoms with Crippen LogP contribution in [0.2, 0.25) is 0 Å². The van der Waals surface area contributed by atoms with Crippen LogP contribution in [0.15, 0.2) is 0 Å². The Balaban J connectivity index is 2.82. The second kappa shape index (κ2) is 2.97. The van der Waals surface area contributed by atoms with Gasteiger partial charge >= 0.3 is 6.03 Å². The minimum Gasteiger partial charge on any atom is -0.324 e. The molecule has 0 aromatic heterocycles. The Labute approximate surface area is 84.7 Å². The molecule has 0 saturated carbocycles. The van der Waals surface area contributed by atoms with E-state index in [0.717, 1.165) is 0 Å². The number of imide groups is 1. The average Bonchev–Trinajstić information content (AvgIpc) is 2.10. The van der Waals surface area contributed by atoms with E-state index in [2.05, 4.69) is 5.32 Å². The van der Waals surface area contributed by atoms with Gasteiger partial charge in [-0.25, -0.2) is 4.79 Å². The lowest BCUT2D eigenvalue weighted by atomic mass is 9.95. The van der Waals surface area contributed by atoms with E-state index in [9.17, 15) is 9.59 Å². The lowest BCUT2D eigenvalue weighted by Gasteiger charge is -2.24. The topological polar surface area (TPSA) is 49.4 Å². The van der Waals surface area contributed by atoms with Gasteiger partial charge in [-0.05, 0) is 19.3 Å². The molecule has 0 spiro atoms. The molecular weight excluding hydrogens is 180 g/mol. The maximum absolute atomic E-state index is 11.8. The lowest BCUT2D eigenvalue weighted by molar-refractivity contribution is -0.131. The Hall–Kier alpha value is -1.06. The van der Waals surface area contributed by atoms with E-state index in [0.29, 0.717) is 6.54 Å². The summed E-state index contributed by atoms with van der Waals surface area (Å²) in [5.74, 6) is -0.141. The van der Waals surface area contributed by atoms with E-state index in [-0.39, 0.29) is 17.4 Å². The van der Waals surface area contributed by atoms with Crippen molar-refractivity contribution in [2.75, 3.05) is 6.54 Å². The van der Waals surface area contributed by atoms with E-state index in [4.69, 9.17) is 0 Å². The van der Waals surface area contributed by atoms with Crippen LogP contribution < -0.4 is 5.32 Å². The summed E-state index contributed by atoms with van der Waals surface area (Å²) in [5.41, 5.74) is -0.810. The molecule has 1 saturated heterocycles. The van der Waals surface area contributed by atoms with Gasteiger partial charge < -0.3 is 5.32 Å². The van der Waals surface area contributed by atoms with Crippen LogP contribution in [0.25, 0.3) is 0 Å². The molecule has 3 amide bonds. The highest BCUT2D eigenvalue weighted by molar-refractivity contribution is 6.06. The first-order valence-corrected chi connectivity index (χ1v) is 4.78. The Morgan fingerprint density at radius 3 is 2.07 bits per heavy atom. The Kier molecular flexibility index (Phi) is 2.34. The number of urea groups is 1. The van der Waals surface area contributed by atoms with Gasteiger partial charge in [-0.15, -0.1) is 0 Å². The maximum atomic E-state index is 11.8. The molecule has 0 radical (unpaired) electrons. The summed E-state index contributed by atoms with van der Waals surface area (Å²) in [7, 11) is 0. The van der Waals surface area contributed by atoms with Gasteiger partial charge in [-0.3, -0.25) is 9.69 Å². The SMILES string of the molecule is CC(C)(C)CN1C(=O)NC(C)(C)C1=O. The van der Waals surface area contributed by atoms with Gasteiger partial charge in [0.05, 0.1) is 0 Å². The minimum absolute atomic E-state index is 0.0621. The van der Waals surface area contributed by atoms with Crippen molar-refractivity contribution in [2.45, 2.75) is 40.2 Å². The van der Waals surface area contributed by atoms with Crippen LogP contribution in [0.4, 0.5) is 4.79 Å². The molecular formula is C10H18N2O2. The third kappa shape index (κ3) is 2.05. The molecule has 80 valence electrons. The molecule has 4 nitrogen and oxygen atoms in total. The fraction of sp³-hybridized carbons (Fsp3) is 0.800. The van der Waals surface area contributed by atoms with Crippen LogP contribution in [0, 0.1) is 5.41 Å². The zero-order valence-electron chi connectivity index (χ0n) is 9.47. The predicted molar refractivity (Wildman–Crippen MR) is 53.8 cm³/mol. The summed E-state index contributed by atoms with van der Waals surface area (Å²) in [4.78, 5) is 24.5.